The molecular weight excluding hydrogens is 401 g/mol. The highest BCUT2D eigenvalue weighted by Crippen LogP contribution is 2.45. The Kier molecular flexibility index (Phi) is 3.72. The largest absolute Gasteiger partial charge is 0.382 e. The van der Waals surface area contributed by atoms with Gasteiger partial charge >= 0.3 is 0 Å². The Hall–Kier alpha value is -0.0300. The van der Waals surface area contributed by atoms with Gasteiger partial charge in [-0.3, -0.25) is 0 Å². The number of nitrogens with one attached hydrogen (secondary N) is 1. The summed E-state index contributed by atoms with van der Waals surface area (Å²) in [6.07, 6.45) is 7.59. The van der Waals surface area contributed by atoms with Crippen molar-refractivity contribution in [2.75, 3.05) is 5.32 Å². The van der Waals surface area contributed by atoms with Gasteiger partial charge in [-0.15, -0.1) is 0 Å². The van der Waals surface area contributed by atoms with Crippen molar-refractivity contribution in [2.24, 2.45) is 17.8 Å². The summed E-state index contributed by atoms with van der Waals surface area (Å²) in [7, 11) is 0. The second-order valence-corrected chi connectivity index (χ2v) is 7.52. The van der Waals surface area contributed by atoms with Gasteiger partial charge in [0.15, 0.2) is 0 Å². The predicted molar refractivity (Wildman–Crippen MR) is 88.8 cm³/mol. The number of halogens is 2. The van der Waals surface area contributed by atoms with Crippen LogP contribution in [0.15, 0.2) is 34.8 Å². The molecule has 0 aromatic heterocycles. The molecule has 3 heteroatoms. The van der Waals surface area contributed by atoms with Gasteiger partial charge in [-0.25, -0.2) is 0 Å². The van der Waals surface area contributed by atoms with Crippen LogP contribution in [-0.2, 0) is 0 Å². The molecule has 1 N–H and O–H groups in total. The lowest BCUT2D eigenvalue weighted by molar-refractivity contribution is 0.400. The maximum Gasteiger partial charge on any atom is 0.0354 e. The molecule has 1 aromatic rings. The maximum atomic E-state index is 3.67. The average Bonchev–Trinajstić information content (AvgIpc) is 2.96. The van der Waals surface area contributed by atoms with Gasteiger partial charge in [0.25, 0.3) is 0 Å². The zero-order valence-corrected chi connectivity index (χ0v) is 14.1. The fourth-order valence-electron chi connectivity index (χ4n) is 3.35. The Morgan fingerprint density at radius 1 is 1.33 bits per heavy atom. The monoisotopic (exact) mass is 417 g/mol. The van der Waals surface area contributed by atoms with Crippen molar-refractivity contribution in [1.29, 1.82) is 0 Å². The lowest BCUT2D eigenvalue weighted by Crippen LogP contribution is -2.28. The zero-order valence-electron chi connectivity index (χ0n) is 10.4. The van der Waals surface area contributed by atoms with Crippen molar-refractivity contribution < 1.29 is 0 Å². The summed E-state index contributed by atoms with van der Waals surface area (Å²) in [5, 5.41) is 3.67. The third-order valence-electron chi connectivity index (χ3n) is 4.29. The Balaban J connectivity index is 1.69. The second kappa shape index (κ2) is 5.16. The molecule has 2 aliphatic rings. The minimum Gasteiger partial charge on any atom is -0.382 e. The fourth-order valence-corrected chi connectivity index (χ4v) is 4.07. The van der Waals surface area contributed by atoms with E-state index < -0.39 is 0 Å². The normalized spacial score (nSPS) is 30.7. The highest BCUT2D eigenvalue weighted by atomic mass is 127. The second-order valence-electron chi connectivity index (χ2n) is 5.51. The molecule has 1 nitrogen and oxygen atoms in total. The van der Waals surface area contributed by atoms with Gasteiger partial charge in [-0.05, 0) is 94.2 Å². The van der Waals surface area contributed by atoms with Crippen molar-refractivity contribution in [3.05, 3.63) is 38.4 Å². The molecule has 0 saturated heterocycles. The van der Waals surface area contributed by atoms with Crippen LogP contribution < -0.4 is 5.32 Å². The third-order valence-corrected chi connectivity index (χ3v) is 6.62. The van der Waals surface area contributed by atoms with Gasteiger partial charge in [0, 0.05) is 19.8 Å². The van der Waals surface area contributed by atoms with Crippen LogP contribution in [0.2, 0.25) is 0 Å². The Morgan fingerprint density at radius 2 is 2.17 bits per heavy atom. The molecule has 1 aromatic carbocycles. The zero-order chi connectivity index (χ0) is 12.7. The highest BCUT2D eigenvalue weighted by Gasteiger charge is 2.38. The molecule has 0 heterocycles. The molecule has 0 amide bonds. The lowest BCUT2D eigenvalue weighted by atomic mass is 9.87. The van der Waals surface area contributed by atoms with Crippen LogP contribution in [-0.4, -0.2) is 6.04 Å². The minimum absolute atomic E-state index is 0.553. The average molecular weight is 418 g/mol. The molecule has 1 fully saturated rings. The molecule has 0 spiro atoms. The minimum atomic E-state index is 0.553. The number of anilines is 1. The first kappa shape index (κ1) is 13.0. The van der Waals surface area contributed by atoms with Crippen molar-refractivity contribution in [1.82, 2.24) is 0 Å². The first-order chi connectivity index (χ1) is 8.63. The van der Waals surface area contributed by atoms with E-state index in [4.69, 9.17) is 0 Å². The highest BCUT2D eigenvalue weighted by molar-refractivity contribution is 14.1. The number of benzene rings is 1. The van der Waals surface area contributed by atoms with Gasteiger partial charge in [-0.2, -0.15) is 0 Å². The summed E-state index contributed by atoms with van der Waals surface area (Å²) in [4.78, 5) is 0. The fraction of sp³-hybridized carbons (Fsp3) is 0.467. The summed E-state index contributed by atoms with van der Waals surface area (Å²) < 4.78 is 2.43. The Labute approximate surface area is 131 Å². The number of fused-ring (bicyclic) bond motifs is 2. The first-order valence-electron chi connectivity index (χ1n) is 6.53. The summed E-state index contributed by atoms with van der Waals surface area (Å²) in [5.41, 5.74) is 1.22. The van der Waals surface area contributed by atoms with Crippen LogP contribution in [0, 0.1) is 21.3 Å². The van der Waals surface area contributed by atoms with E-state index in [0.29, 0.717) is 6.04 Å². The van der Waals surface area contributed by atoms with E-state index in [1.54, 1.807) is 0 Å². The quantitative estimate of drug-likeness (QED) is 0.535. The van der Waals surface area contributed by atoms with E-state index in [-0.39, 0.29) is 0 Å². The van der Waals surface area contributed by atoms with E-state index in [1.165, 1.54) is 26.6 Å². The van der Waals surface area contributed by atoms with Crippen LogP contribution in [0.1, 0.15) is 19.8 Å². The van der Waals surface area contributed by atoms with Crippen molar-refractivity contribution >= 4 is 44.2 Å². The van der Waals surface area contributed by atoms with Crippen LogP contribution in [0.5, 0.6) is 0 Å². The predicted octanol–water partition coefficient (Wildman–Crippen LogP) is 5.07. The molecule has 2 aliphatic carbocycles. The van der Waals surface area contributed by atoms with Crippen LogP contribution in [0.3, 0.4) is 0 Å². The van der Waals surface area contributed by atoms with Gasteiger partial charge in [0.05, 0.1) is 0 Å². The molecule has 1 saturated carbocycles. The molecule has 2 bridgehead atoms. The third kappa shape index (κ3) is 2.48. The van der Waals surface area contributed by atoms with Crippen LogP contribution in [0.4, 0.5) is 5.69 Å². The van der Waals surface area contributed by atoms with Crippen molar-refractivity contribution in [3.63, 3.8) is 0 Å². The molecule has 18 heavy (non-hydrogen) atoms. The topological polar surface area (TPSA) is 12.0 Å². The van der Waals surface area contributed by atoms with E-state index in [1.807, 2.05) is 0 Å². The van der Waals surface area contributed by atoms with E-state index >= 15 is 0 Å². The van der Waals surface area contributed by atoms with Crippen molar-refractivity contribution in [3.8, 4) is 0 Å². The Morgan fingerprint density at radius 3 is 2.78 bits per heavy atom. The first-order valence-corrected chi connectivity index (χ1v) is 8.40. The summed E-state index contributed by atoms with van der Waals surface area (Å²) in [6, 6.07) is 7.06. The molecule has 4 atom stereocenters. The summed E-state index contributed by atoms with van der Waals surface area (Å²) in [5.74, 6) is 2.47. The van der Waals surface area contributed by atoms with Crippen LogP contribution in [0.25, 0.3) is 0 Å². The molecule has 0 radical (unpaired) electrons. The van der Waals surface area contributed by atoms with Gasteiger partial charge in [0.1, 0.15) is 0 Å². The maximum absolute atomic E-state index is 3.67. The van der Waals surface area contributed by atoms with Crippen LogP contribution >= 0.6 is 38.5 Å². The number of allylic oxidation sites excluding steroid dienone is 2. The van der Waals surface area contributed by atoms with Gasteiger partial charge in [0.2, 0.25) is 0 Å². The molecule has 96 valence electrons. The number of hydrogen-bond donors (Lipinski definition) is 1. The summed E-state index contributed by atoms with van der Waals surface area (Å²) >= 11 is 5.94. The van der Waals surface area contributed by atoms with E-state index in [2.05, 4.69) is 81.1 Å². The van der Waals surface area contributed by atoms with E-state index in [0.717, 1.165) is 17.8 Å². The van der Waals surface area contributed by atoms with E-state index in [9.17, 15) is 0 Å². The summed E-state index contributed by atoms with van der Waals surface area (Å²) in [6.45, 7) is 2.32. The lowest BCUT2D eigenvalue weighted by Gasteiger charge is -2.27. The SMILES string of the molecule is CC(Nc1ccc(I)c(Br)c1)C1CC2C=CC1C2. The van der Waals surface area contributed by atoms with Gasteiger partial charge < -0.3 is 5.32 Å². The standard InChI is InChI=1S/C15H17BrIN/c1-9(13-7-10-2-3-11(13)6-10)18-12-4-5-15(17)14(16)8-12/h2-5,8-11,13,18H,6-7H2,1H3. The molecule has 4 unspecified atom stereocenters. The number of rotatable bonds is 3. The molecule has 3 rings (SSSR count). The molecule has 0 aliphatic heterocycles. The smallest absolute Gasteiger partial charge is 0.0354 e. The number of hydrogen-bond acceptors (Lipinski definition) is 1. The van der Waals surface area contributed by atoms with Gasteiger partial charge in [-0.1, -0.05) is 12.2 Å². The Bertz CT molecular complexity index is 485. The molecular formula is C15H17BrIN. The van der Waals surface area contributed by atoms with Crippen molar-refractivity contribution in [2.45, 2.75) is 25.8 Å².